The fraction of sp³-hybridized carbons (Fsp3) is 0.714. The van der Waals surface area contributed by atoms with Crippen molar-refractivity contribution in [2.45, 2.75) is 38.5 Å². The van der Waals surface area contributed by atoms with E-state index >= 15 is 0 Å². The Morgan fingerprint density at radius 1 is 0.882 bits per heavy atom. The van der Waals surface area contributed by atoms with Gasteiger partial charge in [-0.25, -0.2) is 0 Å². The zero-order valence-corrected chi connectivity index (χ0v) is 11.8. The Balaban J connectivity index is 0. The highest BCUT2D eigenvalue weighted by atomic mass is 14.4. The second-order valence-electron chi connectivity index (χ2n) is 3.68. The summed E-state index contributed by atoms with van der Waals surface area (Å²) in [4.78, 5) is 0. The summed E-state index contributed by atoms with van der Waals surface area (Å²) in [6.45, 7) is 0. The summed E-state index contributed by atoms with van der Waals surface area (Å²) < 4.78 is 0. The molecule has 2 aliphatic carbocycles. The average molecular weight is 241 g/mol. The zero-order valence-electron chi connectivity index (χ0n) is 11.8. The molecule has 102 valence electrons. The highest BCUT2D eigenvalue weighted by Gasteiger charge is 2.16. The second kappa shape index (κ2) is 15.4. The normalized spacial score (nSPS) is 17.6. The highest BCUT2D eigenvalue weighted by Crippen LogP contribution is 2.32. The summed E-state index contributed by atoms with van der Waals surface area (Å²) in [5, 5.41) is 0. The molecule has 0 atom stereocenters. The molecule has 0 bridgehead atoms. The Hall–Kier alpha value is -0.640. The first-order chi connectivity index (χ1) is 8.47. The summed E-state index contributed by atoms with van der Waals surface area (Å²) in [5.41, 5.74) is 15.1. The Labute approximate surface area is 107 Å². The maximum Gasteiger partial charge on any atom is -0.0160 e. The first-order valence-electron chi connectivity index (χ1n) is 6.56. The SMILES string of the molecule is C1=CC(C2CCCCC2)=CC1.CN.CN.CN. The van der Waals surface area contributed by atoms with Crippen LogP contribution in [0.1, 0.15) is 38.5 Å². The van der Waals surface area contributed by atoms with Crippen LogP contribution in [0.4, 0.5) is 0 Å². The summed E-state index contributed by atoms with van der Waals surface area (Å²) in [6.07, 6.45) is 15.5. The molecular formula is C14H31N3. The predicted molar refractivity (Wildman–Crippen MR) is 78.7 cm³/mol. The van der Waals surface area contributed by atoms with Crippen molar-refractivity contribution in [2.24, 2.45) is 23.1 Å². The summed E-state index contributed by atoms with van der Waals surface area (Å²) in [6, 6.07) is 0. The van der Waals surface area contributed by atoms with E-state index in [4.69, 9.17) is 0 Å². The molecular weight excluding hydrogens is 210 g/mol. The van der Waals surface area contributed by atoms with Crippen molar-refractivity contribution < 1.29 is 0 Å². The minimum Gasteiger partial charge on any atom is -0.333 e. The minimum absolute atomic E-state index is 0.919. The molecule has 2 rings (SSSR count). The van der Waals surface area contributed by atoms with Gasteiger partial charge in [0.25, 0.3) is 0 Å². The second-order valence-corrected chi connectivity index (χ2v) is 3.68. The quantitative estimate of drug-likeness (QED) is 0.658. The van der Waals surface area contributed by atoms with E-state index in [0.29, 0.717) is 0 Å². The molecule has 17 heavy (non-hydrogen) atoms. The van der Waals surface area contributed by atoms with Gasteiger partial charge in [0.05, 0.1) is 0 Å². The molecule has 0 spiro atoms. The van der Waals surface area contributed by atoms with E-state index in [-0.39, 0.29) is 0 Å². The third-order valence-electron chi connectivity index (χ3n) is 2.88. The topological polar surface area (TPSA) is 78.1 Å². The third-order valence-corrected chi connectivity index (χ3v) is 2.88. The fourth-order valence-electron chi connectivity index (χ4n) is 2.21. The Morgan fingerprint density at radius 3 is 1.82 bits per heavy atom. The Kier molecular flexibility index (Phi) is 16.9. The van der Waals surface area contributed by atoms with E-state index in [1.807, 2.05) is 0 Å². The Morgan fingerprint density at radius 2 is 1.41 bits per heavy atom. The summed E-state index contributed by atoms with van der Waals surface area (Å²) in [7, 11) is 4.50. The number of rotatable bonds is 1. The average Bonchev–Trinajstić information content (AvgIpc) is 3.01. The lowest BCUT2D eigenvalue weighted by molar-refractivity contribution is 0.408. The number of allylic oxidation sites excluding steroid dienone is 4. The molecule has 0 radical (unpaired) electrons. The van der Waals surface area contributed by atoms with E-state index in [1.54, 1.807) is 5.57 Å². The van der Waals surface area contributed by atoms with Crippen molar-refractivity contribution in [3.8, 4) is 0 Å². The summed E-state index contributed by atoms with van der Waals surface area (Å²) in [5.74, 6) is 0.919. The van der Waals surface area contributed by atoms with Gasteiger partial charge in [-0.2, -0.15) is 0 Å². The van der Waals surface area contributed by atoms with E-state index in [1.165, 1.54) is 59.7 Å². The molecule has 0 amide bonds. The zero-order chi connectivity index (χ0) is 13.5. The molecule has 0 aromatic carbocycles. The standard InChI is InChI=1S/C11H16.3CH5N/c1-2-6-10(7-3-1)11-8-4-5-9-11;3*1-2/h4,8-10H,1-3,5-7H2;3*2H2,1H3. The molecule has 0 unspecified atom stereocenters. The van der Waals surface area contributed by atoms with Crippen molar-refractivity contribution >= 4 is 0 Å². The number of hydrogen-bond donors (Lipinski definition) is 3. The van der Waals surface area contributed by atoms with Crippen molar-refractivity contribution in [2.75, 3.05) is 21.1 Å². The lowest BCUT2D eigenvalue weighted by Crippen LogP contribution is -2.06. The molecule has 1 fully saturated rings. The predicted octanol–water partition coefficient (Wildman–Crippen LogP) is 2.18. The first kappa shape index (κ1) is 18.7. The van der Waals surface area contributed by atoms with Gasteiger partial charge >= 0.3 is 0 Å². The van der Waals surface area contributed by atoms with Crippen LogP contribution in [0.2, 0.25) is 0 Å². The molecule has 0 saturated heterocycles. The van der Waals surface area contributed by atoms with E-state index in [9.17, 15) is 0 Å². The smallest absolute Gasteiger partial charge is 0.0160 e. The first-order valence-corrected chi connectivity index (χ1v) is 6.56. The van der Waals surface area contributed by atoms with Gasteiger partial charge < -0.3 is 17.2 Å². The minimum atomic E-state index is 0.919. The molecule has 0 aromatic heterocycles. The maximum atomic E-state index is 4.50. The van der Waals surface area contributed by atoms with Crippen molar-refractivity contribution in [3.05, 3.63) is 23.8 Å². The van der Waals surface area contributed by atoms with E-state index in [0.717, 1.165) is 5.92 Å². The van der Waals surface area contributed by atoms with E-state index < -0.39 is 0 Å². The number of nitrogens with two attached hydrogens (primary N) is 3. The van der Waals surface area contributed by atoms with Crippen molar-refractivity contribution in [1.82, 2.24) is 0 Å². The number of hydrogen-bond acceptors (Lipinski definition) is 3. The van der Waals surface area contributed by atoms with Gasteiger partial charge in [0.2, 0.25) is 0 Å². The van der Waals surface area contributed by atoms with Gasteiger partial charge in [-0.3, -0.25) is 0 Å². The highest BCUT2D eigenvalue weighted by molar-refractivity contribution is 5.28. The van der Waals surface area contributed by atoms with Crippen LogP contribution >= 0.6 is 0 Å². The van der Waals surface area contributed by atoms with Crippen LogP contribution < -0.4 is 17.2 Å². The lowest BCUT2D eigenvalue weighted by Gasteiger charge is -2.21. The largest absolute Gasteiger partial charge is 0.333 e. The molecule has 3 nitrogen and oxygen atoms in total. The molecule has 6 N–H and O–H groups in total. The van der Waals surface area contributed by atoms with Gasteiger partial charge in [-0.15, -0.1) is 0 Å². The molecule has 0 aromatic rings. The lowest BCUT2D eigenvalue weighted by atomic mass is 9.84. The van der Waals surface area contributed by atoms with Gasteiger partial charge in [0, 0.05) is 0 Å². The molecule has 0 heterocycles. The van der Waals surface area contributed by atoms with Crippen molar-refractivity contribution in [1.29, 1.82) is 0 Å². The van der Waals surface area contributed by atoms with Crippen LogP contribution in [0.3, 0.4) is 0 Å². The van der Waals surface area contributed by atoms with Crippen LogP contribution in [0, 0.1) is 5.92 Å². The fourth-order valence-corrected chi connectivity index (χ4v) is 2.21. The van der Waals surface area contributed by atoms with Gasteiger partial charge in [0.1, 0.15) is 0 Å². The monoisotopic (exact) mass is 241 g/mol. The molecule has 0 aliphatic heterocycles. The molecule has 1 saturated carbocycles. The van der Waals surface area contributed by atoms with Crippen LogP contribution in [-0.4, -0.2) is 21.1 Å². The van der Waals surface area contributed by atoms with Crippen LogP contribution in [0.5, 0.6) is 0 Å². The van der Waals surface area contributed by atoms with E-state index in [2.05, 4.69) is 35.4 Å². The van der Waals surface area contributed by atoms with Gasteiger partial charge in [-0.05, 0) is 51.9 Å². The molecule has 3 heteroatoms. The van der Waals surface area contributed by atoms with Crippen LogP contribution in [0.25, 0.3) is 0 Å². The van der Waals surface area contributed by atoms with Gasteiger partial charge in [0.15, 0.2) is 0 Å². The Bertz CT molecular complexity index is 192. The van der Waals surface area contributed by atoms with Gasteiger partial charge in [-0.1, -0.05) is 37.5 Å². The van der Waals surface area contributed by atoms with Crippen molar-refractivity contribution in [3.63, 3.8) is 0 Å². The molecule has 2 aliphatic rings. The van der Waals surface area contributed by atoms with Crippen LogP contribution in [-0.2, 0) is 0 Å². The maximum absolute atomic E-state index is 4.50. The van der Waals surface area contributed by atoms with Crippen LogP contribution in [0.15, 0.2) is 23.8 Å². The third kappa shape index (κ3) is 8.13. The summed E-state index contributed by atoms with van der Waals surface area (Å²) >= 11 is 0.